The number of aromatic nitrogens is 1. The molecule has 0 aliphatic rings. The van der Waals surface area contributed by atoms with Crippen molar-refractivity contribution in [3.63, 3.8) is 0 Å². The summed E-state index contributed by atoms with van der Waals surface area (Å²) in [5, 5.41) is 1.21. The topological polar surface area (TPSA) is 22.1 Å². The number of nitrogens with zero attached hydrogens (tertiary/aromatic N) is 1. The maximum Gasteiger partial charge on any atom is 0.0881 e. The molecule has 102 valence electrons. The summed E-state index contributed by atoms with van der Waals surface area (Å²) in [4.78, 5) is 4.60. The molecule has 0 aliphatic carbocycles. The van der Waals surface area contributed by atoms with E-state index < -0.39 is 0 Å². The van der Waals surface area contributed by atoms with Crippen molar-refractivity contribution in [3.8, 4) is 0 Å². The van der Waals surface area contributed by atoms with E-state index >= 15 is 0 Å². The quantitative estimate of drug-likeness (QED) is 0.805. The lowest BCUT2D eigenvalue weighted by molar-refractivity contribution is 0.0195. The number of pyridine rings is 1. The first-order valence-electron chi connectivity index (χ1n) is 6.81. The van der Waals surface area contributed by atoms with Crippen molar-refractivity contribution in [3.05, 3.63) is 41.1 Å². The van der Waals surface area contributed by atoms with Crippen LogP contribution in [0, 0.1) is 6.92 Å². The monoisotopic (exact) mass is 257 g/mol. The van der Waals surface area contributed by atoms with Gasteiger partial charge in [0.25, 0.3) is 0 Å². The minimum absolute atomic E-state index is 0.311. The second kappa shape index (κ2) is 4.93. The first-order chi connectivity index (χ1) is 8.86. The highest BCUT2D eigenvalue weighted by Crippen LogP contribution is 2.36. The van der Waals surface area contributed by atoms with Crippen molar-refractivity contribution in [1.82, 2.24) is 4.98 Å². The fourth-order valence-electron chi connectivity index (χ4n) is 2.53. The number of fused-ring (bicyclic) bond motifs is 1. The predicted molar refractivity (Wildman–Crippen MR) is 80.6 cm³/mol. The Balaban J connectivity index is 2.87. The molecule has 0 bridgehead atoms. The average Bonchev–Trinajstić information content (AvgIpc) is 2.36. The number of aryl methyl sites for hydroxylation is 1. The lowest BCUT2D eigenvalue weighted by atomic mass is 9.85. The third kappa shape index (κ3) is 2.50. The van der Waals surface area contributed by atoms with Gasteiger partial charge >= 0.3 is 0 Å². The molecule has 1 aromatic carbocycles. The Morgan fingerprint density at radius 1 is 1.21 bits per heavy atom. The minimum atomic E-state index is -0.311. The van der Waals surface area contributed by atoms with E-state index in [-0.39, 0.29) is 5.60 Å². The van der Waals surface area contributed by atoms with Gasteiger partial charge in [0.15, 0.2) is 0 Å². The Morgan fingerprint density at radius 2 is 1.89 bits per heavy atom. The van der Waals surface area contributed by atoms with Gasteiger partial charge in [0, 0.05) is 18.7 Å². The molecule has 0 amide bonds. The summed E-state index contributed by atoms with van der Waals surface area (Å²) in [5.74, 6) is 0.432. The van der Waals surface area contributed by atoms with Gasteiger partial charge < -0.3 is 4.74 Å². The van der Waals surface area contributed by atoms with Gasteiger partial charge in [-0.15, -0.1) is 0 Å². The van der Waals surface area contributed by atoms with Crippen molar-refractivity contribution in [1.29, 1.82) is 0 Å². The molecule has 19 heavy (non-hydrogen) atoms. The second-order valence-electron chi connectivity index (χ2n) is 5.98. The second-order valence-corrected chi connectivity index (χ2v) is 5.98. The highest BCUT2D eigenvalue weighted by Gasteiger charge is 2.27. The number of benzene rings is 1. The van der Waals surface area contributed by atoms with Crippen LogP contribution in [-0.4, -0.2) is 12.1 Å². The molecule has 2 rings (SSSR count). The molecule has 2 nitrogen and oxygen atoms in total. The molecule has 0 N–H and O–H groups in total. The van der Waals surface area contributed by atoms with Crippen LogP contribution in [0.1, 0.15) is 50.3 Å². The van der Waals surface area contributed by atoms with Crippen LogP contribution >= 0.6 is 0 Å². The predicted octanol–water partition coefficient (Wildman–Crippen LogP) is 4.55. The number of hydrogen-bond donors (Lipinski definition) is 0. The molecule has 0 aliphatic heterocycles. The lowest BCUT2D eigenvalue weighted by Gasteiger charge is -2.29. The number of ether oxygens (including phenoxy) is 1. The summed E-state index contributed by atoms with van der Waals surface area (Å²) in [5.41, 5.74) is 4.51. The third-order valence-electron chi connectivity index (χ3n) is 3.79. The summed E-state index contributed by atoms with van der Waals surface area (Å²) in [6.45, 7) is 10.8. The van der Waals surface area contributed by atoms with Crippen LogP contribution in [0.4, 0.5) is 0 Å². The zero-order valence-electron chi connectivity index (χ0n) is 12.7. The molecule has 0 fully saturated rings. The van der Waals surface area contributed by atoms with Gasteiger partial charge in [0.05, 0.1) is 11.1 Å². The highest BCUT2D eigenvalue weighted by molar-refractivity contribution is 5.84. The maximum absolute atomic E-state index is 5.73. The number of hydrogen-bond acceptors (Lipinski definition) is 2. The molecule has 0 atom stereocenters. The largest absolute Gasteiger partial charge is 0.374 e. The van der Waals surface area contributed by atoms with Gasteiger partial charge in [-0.05, 0) is 49.9 Å². The molecule has 2 heteroatoms. The van der Waals surface area contributed by atoms with Crippen molar-refractivity contribution < 1.29 is 4.74 Å². The smallest absolute Gasteiger partial charge is 0.0881 e. The van der Waals surface area contributed by atoms with Crippen molar-refractivity contribution in [2.24, 2.45) is 0 Å². The zero-order valence-corrected chi connectivity index (χ0v) is 12.7. The normalized spacial score (nSPS) is 12.4. The van der Waals surface area contributed by atoms with Gasteiger partial charge in [0.2, 0.25) is 0 Å². The Labute approximate surface area is 115 Å². The molecule has 0 saturated carbocycles. The van der Waals surface area contributed by atoms with Crippen LogP contribution < -0.4 is 0 Å². The zero-order chi connectivity index (χ0) is 14.2. The molecule has 2 aromatic rings. The standard InChI is InChI=1S/C17H23NO/c1-11(2)14-10-18-15-8-7-12(3)9-13(15)16(14)17(4,5)19-6/h7-11H,1-6H3. The van der Waals surface area contributed by atoms with Crippen LogP contribution in [0.15, 0.2) is 24.4 Å². The molecule has 0 spiro atoms. The van der Waals surface area contributed by atoms with E-state index in [1.807, 2.05) is 6.20 Å². The van der Waals surface area contributed by atoms with Crippen LogP contribution in [-0.2, 0) is 10.3 Å². The summed E-state index contributed by atoms with van der Waals surface area (Å²) >= 11 is 0. The summed E-state index contributed by atoms with van der Waals surface area (Å²) < 4.78 is 5.73. The van der Waals surface area contributed by atoms with E-state index in [9.17, 15) is 0 Å². The van der Waals surface area contributed by atoms with Gasteiger partial charge in [-0.1, -0.05) is 25.5 Å². The Hall–Kier alpha value is -1.41. The first-order valence-corrected chi connectivity index (χ1v) is 6.81. The molecule has 1 heterocycles. The van der Waals surface area contributed by atoms with Gasteiger partial charge in [-0.3, -0.25) is 4.98 Å². The summed E-state index contributed by atoms with van der Waals surface area (Å²) in [7, 11) is 1.77. The van der Waals surface area contributed by atoms with E-state index in [1.165, 1.54) is 22.1 Å². The van der Waals surface area contributed by atoms with Crippen molar-refractivity contribution in [2.75, 3.05) is 7.11 Å². The molecular formula is C17H23NO. The van der Waals surface area contributed by atoms with Crippen molar-refractivity contribution >= 4 is 10.9 Å². The van der Waals surface area contributed by atoms with Crippen LogP contribution in [0.5, 0.6) is 0 Å². The van der Waals surface area contributed by atoms with Crippen molar-refractivity contribution in [2.45, 2.75) is 46.1 Å². The van der Waals surface area contributed by atoms with Crippen LogP contribution in [0.3, 0.4) is 0 Å². The van der Waals surface area contributed by atoms with E-state index in [4.69, 9.17) is 4.74 Å². The summed E-state index contributed by atoms with van der Waals surface area (Å²) in [6, 6.07) is 6.41. The maximum atomic E-state index is 5.73. The SMILES string of the molecule is COC(C)(C)c1c(C(C)C)cnc2ccc(C)cc12. The van der Waals surface area contributed by atoms with E-state index in [2.05, 4.69) is 57.8 Å². The van der Waals surface area contributed by atoms with Gasteiger partial charge in [-0.2, -0.15) is 0 Å². The molecular weight excluding hydrogens is 234 g/mol. The van der Waals surface area contributed by atoms with E-state index in [0.717, 1.165) is 5.52 Å². The van der Waals surface area contributed by atoms with Gasteiger partial charge in [-0.25, -0.2) is 0 Å². The Kier molecular flexibility index (Phi) is 3.64. The summed E-state index contributed by atoms with van der Waals surface area (Å²) in [6.07, 6.45) is 2.00. The molecule has 0 unspecified atom stereocenters. The van der Waals surface area contributed by atoms with E-state index in [0.29, 0.717) is 5.92 Å². The van der Waals surface area contributed by atoms with Crippen LogP contribution in [0.25, 0.3) is 10.9 Å². The molecule has 0 saturated heterocycles. The lowest BCUT2D eigenvalue weighted by Crippen LogP contribution is -2.22. The Bertz CT molecular complexity index is 599. The number of methoxy groups -OCH3 is 1. The van der Waals surface area contributed by atoms with Crippen LogP contribution in [0.2, 0.25) is 0 Å². The first kappa shape index (κ1) is 14.0. The van der Waals surface area contributed by atoms with Gasteiger partial charge in [0.1, 0.15) is 0 Å². The number of rotatable bonds is 3. The third-order valence-corrected chi connectivity index (χ3v) is 3.79. The molecule has 1 aromatic heterocycles. The highest BCUT2D eigenvalue weighted by atomic mass is 16.5. The van der Waals surface area contributed by atoms with E-state index in [1.54, 1.807) is 7.11 Å². The fourth-order valence-corrected chi connectivity index (χ4v) is 2.53. The average molecular weight is 257 g/mol. The Morgan fingerprint density at radius 3 is 2.47 bits per heavy atom. The minimum Gasteiger partial charge on any atom is -0.374 e. The fraction of sp³-hybridized carbons (Fsp3) is 0.471. The molecule has 0 radical (unpaired) electrons.